The van der Waals surface area contributed by atoms with E-state index in [0.29, 0.717) is 17.9 Å². The van der Waals surface area contributed by atoms with E-state index in [1.807, 2.05) is 24.3 Å². The highest BCUT2D eigenvalue weighted by molar-refractivity contribution is 8.00. The summed E-state index contributed by atoms with van der Waals surface area (Å²) in [7, 11) is 0. The van der Waals surface area contributed by atoms with E-state index in [9.17, 15) is 14.9 Å². The fourth-order valence-corrected chi connectivity index (χ4v) is 6.01. The van der Waals surface area contributed by atoms with Crippen molar-refractivity contribution < 1.29 is 14.5 Å². The van der Waals surface area contributed by atoms with Gasteiger partial charge in [-0.1, -0.05) is 43.2 Å². The van der Waals surface area contributed by atoms with E-state index in [1.54, 1.807) is 11.0 Å². The van der Waals surface area contributed by atoms with Gasteiger partial charge in [-0.05, 0) is 56.5 Å². The van der Waals surface area contributed by atoms with Crippen LogP contribution in [0.1, 0.15) is 56.4 Å². The third kappa shape index (κ3) is 5.68. The molecule has 0 radical (unpaired) electrons. The average Bonchev–Trinajstić information content (AvgIpc) is 3.21. The lowest BCUT2D eigenvalue weighted by molar-refractivity contribution is -0.384. The summed E-state index contributed by atoms with van der Waals surface area (Å²) >= 11 is 1.51. The summed E-state index contributed by atoms with van der Waals surface area (Å²) in [5.74, 6) is 1.27. The number of fused-ring (bicyclic) bond motifs is 1. The molecule has 1 amide bonds. The Bertz CT molecular complexity index is 993. The number of hydrogen-bond donors (Lipinski definition) is 1. The number of non-ortho nitro benzene ring substituents is 1. The van der Waals surface area contributed by atoms with Crippen LogP contribution in [-0.2, 0) is 4.79 Å². The van der Waals surface area contributed by atoms with Gasteiger partial charge in [-0.3, -0.25) is 19.8 Å². The van der Waals surface area contributed by atoms with Gasteiger partial charge in [0, 0.05) is 29.5 Å². The summed E-state index contributed by atoms with van der Waals surface area (Å²) in [4.78, 5) is 26.2. The average molecular weight is 470 g/mol. The molecule has 0 bridgehead atoms. The number of anilines is 1. The molecule has 2 aliphatic rings. The second-order valence-electron chi connectivity index (χ2n) is 8.72. The second kappa shape index (κ2) is 11.0. The Morgan fingerprint density at radius 3 is 2.76 bits per heavy atom. The minimum atomic E-state index is -0.409. The van der Waals surface area contributed by atoms with Gasteiger partial charge in [0.1, 0.15) is 11.1 Å². The standard InChI is InChI=1S/C25H31N3O4S/c1-18(29)27-22-10-5-6-11-24(22)33-25(27)21-16-20(28(30)31)12-13-23(21)32-15-7-14-26-17-19-8-3-2-4-9-19/h5-6,10-13,16,19,25-26H,2-4,7-9,14-15,17H2,1H3. The zero-order chi connectivity index (χ0) is 23.2. The van der Waals surface area contributed by atoms with Crippen LogP contribution in [0.4, 0.5) is 11.4 Å². The first-order valence-electron chi connectivity index (χ1n) is 11.7. The lowest BCUT2D eigenvalue weighted by Gasteiger charge is -2.25. The number of para-hydroxylation sites is 1. The highest BCUT2D eigenvalue weighted by Gasteiger charge is 2.36. The molecule has 0 aromatic heterocycles. The topological polar surface area (TPSA) is 84.7 Å². The maximum absolute atomic E-state index is 12.5. The van der Waals surface area contributed by atoms with Gasteiger partial charge in [0.25, 0.3) is 5.69 Å². The van der Waals surface area contributed by atoms with Gasteiger partial charge in [-0.2, -0.15) is 0 Å². The van der Waals surface area contributed by atoms with E-state index in [2.05, 4.69) is 5.32 Å². The lowest BCUT2D eigenvalue weighted by atomic mass is 9.89. The Hall–Kier alpha value is -2.58. The van der Waals surface area contributed by atoms with Crippen LogP contribution >= 0.6 is 11.8 Å². The smallest absolute Gasteiger partial charge is 0.270 e. The van der Waals surface area contributed by atoms with Crippen LogP contribution < -0.4 is 15.0 Å². The summed E-state index contributed by atoms with van der Waals surface area (Å²) in [5.41, 5.74) is 1.46. The number of hydrogen-bond acceptors (Lipinski definition) is 6. The van der Waals surface area contributed by atoms with Crippen LogP contribution in [0.3, 0.4) is 0 Å². The minimum Gasteiger partial charge on any atom is -0.493 e. The Morgan fingerprint density at radius 1 is 1.21 bits per heavy atom. The normalized spacial score (nSPS) is 18.2. The van der Waals surface area contributed by atoms with Crippen LogP contribution in [0, 0.1) is 16.0 Å². The van der Waals surface area contributed by atoms with Crippen LogP contribution in [0.15, 0.2) is 47.4 Å². The maximum Gasteiger partial charge on any atom is 0.270 e. The Balaban J connectivity index is 1.43. The van der Waals surface area contributed by atoms with Crippen molar-refractivity contribution in [1.82, 2.24) is 5.32 Å². The van der Waals surface area contributed by atoms with E-state index in [4.69, 9.17) is 4.74 Å². The van der Waals surface area contributed by atoms with E-state index >= 15 is 0 Å². The summed E-state index contributed by atoms with van der Waals surface area (Å²) < 4.78 is 6.09. The van der Waals surface area contributed by atoms with Crippen LogP contribution in [0.25, 0.3) is 0 Å². The number of carbonyl (C=O) groups excluding carboxylic acids is 1. The number of nitrogens with one attached hydrogen (secondary N) is 1. The molecule has 1 atom stereocenters. The molecule has 1 heterocycles. The molecular formula is C25H31N3O4S. The molecule has 2 aromatic rings. The van der Waals surface area contributed by atoms with E-state index < -0.39 is 10.3 Å². The predicted octanol–water partition coefficient (Wildman–Crippen LogP) is 5.69. The molecule has 2 aromatic carbocycles. The minimum absolute atomic E-state index is 0.00782. The van der Waals surface area contributed by atoms with Crippen molar-refractivity contribution in [1.29, 1.82) is 0 Å². The Morgan fingerprint density at radius 2 is 2.00 bits per heavy atom. The first kappa shape index (κ1) is 23.6. The van der Waals surface area contributed by atoms with Crippen molar-refractivity contribution in [3.63, 3.8) is 0 Å². The molecule has 176 valence electrons. The number of amides is 1. The molecule has 0 spiro atoms. The number of nitrogens with zero attached hydrogens (tertiary/aromatic N) is 2. The highest BCUT2D eigenvalue weighted by atomic mass is 32.2. The second-order valence-corrected chi connectivity index (χ2v) is 9.84. The van der Waals surface area contributed by atoms with Gasteiger partial charge in [-0.25, -0.2) is 0 Å². The van der Waals surface area contributed by atoms with Gasteiger partial charge in [0.15, 0.2) is 0 Å². The van der Waals surface area contributed by atoms with E-state index in [1.165, 1.54) is 62.9 Å². The van der Waals surface area contributed by atoms with Crippen molar-refractivity contribution in [2.24, 2.45) is 5.92 Å². The molecule has 0 saturated heterocycles. The quantitative estimate of drug-likeness (QED) is 0.288. The highest BCUT2D eigenvalue weighted by Crippen LogP contribution is 2.53. The number of benzene rings is 2. The molecule has 1 unspecified atom stereocenters. The van der Waals surface area contributed by atoms with Gasteiger partial charge in [0.2, 0.25) is 5.91 Å². The molecule has 33 heavy (non-hydrogen) atoms. The molecule has 1 saturated carbocycles. The third-order valence-corrected chi connectivity index (χ3v) is 7.61. The summed E-state index contributed by atoms with van der Waals surface area (Å²) in [6.45, 7) is 3.97. The van der Waals surface area contributed by atoms with Crippen molar-refractivity contribution in [3.8, 4) is 5.75 Å². The lowest BCUT2D eigenvalue weighted by Crippen LogP contribution is -2.28. The monoisotopic (exact) mass is 469 g/mol. The van der Waals surface area contributed by atoms with Crippen molar-refractivity contribution in [3.05, 3.63) is 58.1 Å². The number of ether oxygens (including phenoxy) is 1. The van der Waals surface area contributed by atoms with Crippen LogP contribution in [-0.4, -0.2) is 30.5 Å². The number of carbonyl (C=O) groups is 1. The van der Waals surface area contributed by atoms with E-state index in [-0.39, 0.29) is 11.6 Å². The van der Waals surface area contributed by atoms with Gasteiger partial charge in [-0.15, -0.1) is 0 Å². The predicted molar refractivity (Wildman–Crippen MR) is 131 cm³/mol. The van der Waals surface area contributed by atoms with E-state index in [0.717, 1.165) is 36.0 Å². The summed E-state index contributed by atoms with van der Waals surface area (Å²) in [5, 5.41) is 14.6. The van der Waals surface area contributed by atoms with Crippen molar-refractivity contribution in [2.75, 3.05) is 24.6 Å². The molecule has 1 N–H and O–H groups in total. The zero-order valence-corrected chi connectivity index (χ0v) is 19.8. The molecule has 4 rings (SSSR count). The third-order valence-electron chi connectivity index (χ3n) is 6.32. The fraction of sp³-hybridized carbons (Fsp3) is 0.480. The Kier molecular flexibility index (Phi) is 7.88. The van der Waals surface area contributed by atoms with Gasteiger partial charge < -0.3 is 10.1 Å². The maximum atomic E-state index is 12.5. The number of rotatable bonds is 9. The number of nitro groups is 1. The molecule has 1 aliphatic heterocycles. The van der Waals surface area contributed by atoms with Crippen molar-refractivity contribution >= 4 is 29.0 Å². The molecule has 8 heteroatoms. The molecular weight excluding hydrogens is 438 g/mol. The first-order chi connectivity index (χ1) is 16.0. The fourth-order valence-electron chi connectivity index (χ4n) is 4.64. The SMILES string of the molecule is CC(=O)N1c2ccccc2SC1c1cc([N+](=O)[O-])ccc1OCCCNCC1CCCCC1. The van der Waals surface area contributed by atoms with Crippen LogP contribution in [0.2, 0.25) is 0 Å². The summed E-state index contributed by atoms with van der Waals surface area (Å²) in [6.07, 6.45) is 7.55. The largest absolute Gasteiger partial charge is 0.493 e. The Labute approximate surface area is 199 Å². The number of thioether (sulfide) groups is 1. The summed E-state index contributed by atoms with van der Waals surface area (Å²) in [6, 6.07) is 12.3. The van der Waals surface area contributed by atoms with Gasteiger partial charge >= 0.3 is 0 Å². The van der Waals surface area contributed by atoms with Gasteiger partial charge in [0.05, 0.1) is 17.2 Å². The molecule has 1 fully saturated rings. The van der Waals surface area contributed by atoms with Crippen LogP contribution in [0.5, 0.6) is 5.75 Å². The zero-order valence-electron chi connectivity index (χ0n) is 19.0. The molecule has 7 nitrogen and oxygen atoms in total. The first-order valence-corrected chi connectivity index (χ1v) is 12.6. The molecule has 1 aliphatic carbocycles. The van der Waals surface area contributed by atoms with Crippen molar-refractivity contribution in [2.45, 2.75) is 55.7 Å². The number of nitro benzene ring substituents is 1.